The van der Waals surface area contributed by atoms with E-state index in [1.165, 1.54) is 0 Å². The lowest BCUT2D eigenvalue weighted by molar-refractivity contribution is -0.138. The number of piperidine rings is 1. The van der Waals surface area contributed by atoms with Gasteiger partial charge in [-0.25, -0.2) is 0 Å². The molecule has 3 saturated heterocycles. The maximum atomic E-state index is 12.9. The maximum absolute atomic E-state index is 12.9. The lowest BCUT2D eigenvalue weighted by Crippen LogP contribution is -2.53. The summed E-state index contributed by atoms with van der Waals surface area (Å²) in [5.41, 5.74) is 0.642. The van der Waals surface area contributed by atoms with Crippen molar-refractivity contribution in [3.05, 3.63) is 29.8 Å². The van der Waals surface area contributed by atoms with Gasteiger partial charge >= 0.3 is 0 Å². The SMILES string of the molecule is COCCN1CC2(CCN(C(=O)Cc3ccc(OC)cc3)CC2)C2(CCNC2=O)C1. The van der Waals surface area contributed by atoms with Crippen LogP contribution in [0.15, 0.2) is 24.3 Å². The predicted octanol–water partition coefficient (Wildman–Crippen LogP) is 1.31. The summed E-state index contributed by atoms with van der Waals surface area (Å²) in [5.74, 6) is 1.17. The van der Waals surface area contributed by atoms with Crippen LogP contribution in [0.25, 0.3) is 0 Å². The van der Waals surface area contributed by atoms with Crippen molar-refractivity contribution in [2.24, 2.45) is 10.8 Å². The van der Waals surface area contributed by atoms with Crippen LogP contribution in [0.3, 0.4) is 0 Å². The summed E-state index contributed by atoms with van der Waals surface area (Å²) in [4.78, 5) is 30.2. The van der Waals surface area contributed by atoms with E-state index in [-0.39, 0.29) is 22.6 Å². The molecule has 3 heterocycles. The molecular weight excluding hydrogens is 382 g/mol. The number of nitrogens with zero attached hydrogens (tertiary/aromatic N) is 2. The topological polar surface area (TPSA) is 71.1 Å². The number of likely N-dealkylation sites (tertiary alicyclic amines) is 2. The Balaban J connectivity index is 1.42. The molecule has 1 N–H and O–H groups in total. The number of nitrogens with one attached hydrogen (secondary N) is 1. The fraction of sp³-hybridized carbons (Fsp3) is 0.652. The molecular formula is C23H33N3O4. The van der Waals surface area contributed by atoms with E-state index in [9.17, 15) is 9.59 Å². The highest BCUT2D eigenvalue weighted by Crippen LogP contribution is 2.56. The minimum absolute atomic E-state index is 0.0434. The van der Waals surface area contributed by atoms with Gasteiger partial charge in [-0.2, -0.15) is 0 Å². The van der Waals surface area contributed by atoms with Gasteiger partial charge in [0.1, 0.15) is 5.75 Å². The van der Waals surface area contributed by atoms with Gasteiger partial charge in [-0.1, -0.05) is 12.1 Å². The third kappa shape index (κ3) is 3.69. The zero-order valence-electron chi connectivity index (χ0n) is 18.1. The number of hydrogen-bond donors (Lipinski definition) is 1. The Morgan fingerprint density at radius 2 is 1.83 bits per heavy atom. The van der Waals surface area contributed by atoms with Crippen molar-refractivity contribution in [1.29, 1.82) is 0 Å². The van der Waals surface area contributed by atoms with Crippen LogP contribution in [0.5, 0.6) is 5.75 Å². The molecule has 0 saturated carbocycles. The normalized spacial score (nSPS) is 25.8. The van der Waals surface area contributed by atoms with Crippen molar-refractivity contribution in [1.82, 2.24) is 15.1 Å². The van der Waals surface area contributed by atoms with Crippen LogP contribution in [0.1, 0.15) is 24.8 Å². The third-order valence-electron chi connectivity index (χ3n) is 7.51. The van der Waals surface area contributed by atoms with Crippen LogP contribution in [0.4, 0.5) is 0 Å². The first-order chi connectivity index (χ1) is 14.5. The predicted molar refractivity (Wildman–Crippen MR) is 113 cm³/mol. The van der Waals surface area contributed by atoms with Gasteiger partial charge in [0.15, 0.2) is 0 Å². The molecule has 0 aromatic heterocycles. The Labute approximate surface area is 178 Å². The fourth-order valence-corrected chi connectivity index (χ4v) is 5.74. The van der Waals surface area contributed by atoms with Gasteiger partial charge in [0.2, 0.25) is 11.8 Å². The lowest BCUT2D eigenvalue weighted by atomic mass is 9.60. The monoisotopic (exact) mass is 415 g/mol. The Morgan fingerprint density at radius 1 is 1.10 bits per heavy atom. The Hall–Kier alpha value is -2.12. The molecule has 1 unspecified atom stereocenters. The molecule has 3 aliphatic heterocycles. The fourth-order valence-electron chi connectivity index (χ4n) is 5.74. The third-order valence-corrected chi connectivity index (χ3v) is 7.51. The number of amides is 2. The van der Waals surface area contributed by atoms with Crippen LogP contribution in [-0.4, -0.2) is 81.7 Å². The van der Waals surface area contributed by atoms with E-state index < -0.39 is 0 Å². The van der Waals surface area contributed by atoms with Crippen LogP contribution in [0, 0.1) is 10.8 Å². The number of benzene rings is 1. The summed E-state index contributed by atoms with van der Waals surface area (Å²) in [5, 5.41) is 3.09. The molecule has 0 aliphatic carbocycles. The molecule has 1 aromatic rings. The highest BCUT2D eigenvalue weighted by molar-refractivity contribution is 5.86. The zero-order valence-corrected chi connectivity index (χ0v) is 18.1. The van der Waals surface area contributed by atoms with Gasteiger partial charge in [0, 0.05) is 51.8 Å². The van der Waals surface area contributed by atoms with E-state index in [4.69, 9.17) is 9.47 Å². The summed E-state index contributed by atoms with van der Waals surface area (Å²) < 4.78 is 10.5. The molecule has 2 amide bonds. The Morgan fingerprint density at radius 3 is 2.43 bits per heavy atom. The average Bonchev–Trinajstić information content (AvgIpc) is 3.28. The molecule has 2 spiro atoms. The number of rotatable bonds is 6. The maximum Gasteiger partial charge on any atom is 0.228 e. The van der Waals surface area contributed by atoms with E-state index in [0.717, 1.165) is 69.8 Å². The van der Waals surface area contributed by atoms with Crippen molar-refractivity contribution in [3.8, 4) is 5.75 Å². The summed E-state index contributed by atoms with van der Waals surface area (Å²) in [6, 6.07) is 7.68. The standard InChI is InChI=1S/C23H33N3O4/c1-29-14-13-25-16-22(23(17-25)7-10-24-21(23)28)8-11-26(12-9-22)20(27)15-18-3-5-19(30-2)6-4-18/h3-6H,7-17H2,1-2H3,(H,24,28). The van der Waals surface area contributed by atoms with Crippen LogP contribution >= 0.6 is 0 Å². The molecule has 7 nitrogen and oxygen atoms in total. The van der Waals surface area contributed by atoms with Gasteiger partial charge in [-0.3, -0.25) is 14.5 Å². The quantitative estimate of drug-likeness (QED) is 0.759. The molecule has 0 radical (unpaired) electrons. The largest absolute Gasteiger partial charge is 0.497 e. The number of carbonyl (C=O) groups is 2. The minimum atomic E-state index is -0.314. The highest BCUT2D eigenvalue weighted by atomic mass is 16.5. The highest BCUT2D eigenvalue weighted by Gasteiger charge is 2.63. The van der Waals surface area contributed by atoms with Crippen molar-refractivity contribution in [3.63, 3.8) is 0 Å². The molecule has 30 heavy (non-hydrogen) atoms. The number of methoxy groups -OCH3 is 2. The van der Waals surface area contributed by atoms with E-state index in [2.05, 4.69) is 10.2 Å². The molecule has 7 heteroatoms. The number of carbonyl (C=O) groups excluding carboxylic acids is 2. The number of ether oxygens (including phenoxy) is 2. The first-order valence-corrected chi connectivity index (χ1v) is 10.9. The first kappa shape index (κ1) is 21.1. The number of fused-ring (bicyclic) bond motifs is 1. The molecule has 3 fully saturated rings. The van der Waals surface area contributed by atoms with Gasteiger partial charge in [-0.15, -0.1) is 0 Å². The smallest absolute Gasteiger partial charge is 0.228 e. The van der Waals surface area contributed by atoms with Crippen molar-refractivity contribution in [2.75, 3.05) is 60.1 Å². The Bertz CT molecular complexity index is 773. The molecule has 1 aromatic carbocycles. The second kappa shape index (κ2) is 8.55. The van der Waals surface area contributed by atoms with Gasteiger partial charge in [0.25, 0.3) is 0 Å². The molecule has 0 bridgehead atoms. The molecule has 1 atom stereocenters. The Kier molecular flexibility index (Phi) is 6.02. The van der Waals surface area contributed by atoms with Crippen LogP contribution < -0.4 is 10.1 Å². The van der Waals surface area contributed by atoms with Gasteiger partial charge in [0.05, 0.1) is 25.6 Å². The summed E-state index contributed by atoms with van der Waals surface area (Å²) in [6.07, 6.45) is 3.08. The van der Waals surface area contributed by atoms with Gasteiger partial charge in [-0.05, 0) is 37.0 Å². The molecule has 4 rings (SSSR count). The zero-order chi connectivity index (χ0) is 21.2. The molecule has 164 valence electrons. The minimum Gasteiger partial charge on any atom is -0.497 e. The average molecular weight is 416 g/mol. The summed E-state index contributed by atoms with van der Waals surface area (Å²) in [7, 11) is 3.36. The van der Waals surface area contributed by atoms with Crippen LogP contribution in [0.2, 0.25) is 0 Å². The number of hydrogen-bond acceptors (Lipinski definition) is 5. The van der Waals surface area contributed by atoms with Crippen molar-refractivity contribution in [2.45, 2.75) is 25.7 Å². The van der Waals surface area contributed by atoms with E-state index in [1.54, 1.807) is 14.2 Å². The first-order valence-electron chi connectivity index (χ1n) is 10.9. The van der Waals surface area contributed by atoms with Crippen LogP contribution in [-0.2, 0) is 20.7 Å². The van der Waals surface area contributed by atoms with Gasteiger partial charge < -0.3 is 19.7 Å². The van der Waals surface area contributed by atoms with E-state index in [0.29, 0.717) is 13.0 Å². The second-order valence-corrected chi connectivity index (χ2v) is 8.98. The second-order valence-electron chi connectivity index (χ2n) is 8.98. The van der Waals surface area contributed by atoms with Crippen molar-refractivity contribution < 1.29 is 19.1 Å². The van der Waals surface area contributed by atoms with E-state index in [1.807, 2.05) is 29.2 Å². The summed E-state index contributed by atoms with van der Waals surface area (Å²) >= 11 is 0. The molecule has 3 aliphatic rings. The lowest BCUT2D eigenvalue weighted by Gasteiger charge is -2.46. The van der Waals surface area contributed by atoms with Crippen molar-refractivity contribution >= 4 is 11.8 Å². The summed E-state index contributed by atoms with van der Waals surface area (Å²) in [6.45, 7) is 5.48. The van der Waals surface area contributed by atoms with E-state index >= 15 is 0 Å².